The van der Waals surface area contributed by atoms with Crippen molar-refractivity contribution >= 4 is 50.9 Å². The molecule has 1 unspecified atom stereocenters. The van der Waals surface area contributed by atoms with Gasteiger partial charge in [-0.25, -0.2) is 4.98 Å². The fraction of sp³-hybridized carbons (Fsp3) is 0.476. The molecule has 32 heavy (non-hydrogen) atoms. The molecule has 0 fully saturated rings. The van der Waals surface area contributed by atoms with Crippen molar-refractivity contribution in [2.75, 3.05) is 18.9 Å². The fourth-order valence-corrected chi connectivity index (χ4v) is 5.06. The molecule has 3 N–H and O–H groups in total. The summed E-state index contributed by atoms with van der Waals surface area (Å²) in [6.45, 7) is 7.51. The summed E-state index contributed by atoms with van der Waals surface area (Å²) in [5, 5.41) is 0. The van der Waals surface area contributed by atoms with Crippen LogP contribution in [0.15, 0.2) is 12.1 Å². The van der Waals surface area contributed by atoms with Crippen LogP contribution in [0.25, 0.3) is 11.2 Å². The monoisotopic (exact) mass is 572 g/mol. The first-order valence-corrected chi connectivity index (χ1v) is 12.6. The summed E-state index contributed by atoms with van der Waals surface area (Å²) in [5.74, 6) is 1.65. The van der Waals surface area contributed by atoms with Gasteiger partial charge in [-0.15, -0.1) is 4.72 Å². The van der Waals surface area contributed by atoms with Gasteiger partial charge in [0.25, 0.3) is 0 Å². The summed E-state index contributed by atoms with van der Waals surface area (Å²) in [4.78, 5) is 12.3. The molecular weight excluding hydrogens is 546 g/mol. The highest BCUT2D eigenvalue weighted by molar-refractivity contribution is 14.1. The number of benzene rings is 1. The van der Waals surface area contributed by atoms with E-state index >= 15 is 0 Å². The topological polar surface area (TPSA) is 114 Å². The predicted molar refractivity (Wildman–Crippen MR) is 131 cm³/mol. The fourth-order valence-electron chi connectivity index (χ4n) is 3.57. The first-order chi connectivity index (χ1) is 15.1. The number of aromatic nitrogens is 4. The third-order valence-electron chi connectivity index (χ3n) is 5.23. The number of hydrogen-bond donors (Lipinski definition) is 2. The third-order valence-corrected chi connectivity index (χ3v) is 7.81. The van der Waals surface area contributed by atoms with E-state index in [2.05, 4.69) is 54.4 Å². The number of fused-ring (bicyclic) bond motifs is 2. The Morgan fingerprint density at radius 1 is 1.31 bits per heavy atom. The molecule has 3 heterocycles. The minimum absolute atomic E-state index is 0.0199. The van der Waals surface area contributed by atoms with Crippen molar-refractivity contribution in [2.45, 2.75) is 51.3 Å². The Labute approximate surface area is 203 Å². The number of hydrogen-bond acceptors (Lipinski definition) is 7. The van der Waals surface area contributed by atoms with Crippen molar-refractivity contribution in [3.63, 3.8) is 0 Å². The lowest BCUT2D eigenvalue weighted by Crippen LogP contribution is -2.39. The number of aryl methyl sites for hydroxylation is 1. The van der Waals surface area contributed by atoms with Gasteiger partial charge in [-0.1, -0.05) is 0 Å². The van der Waals surface area contributed by atoms with Gasteiger partial charge in [0.2, 0.25) is 0 Å². The molecule has 2 aromatic heterocycles. The maximum atomic E-state index is 13.9. The Hall–Kier alpha value is -1.70. The minimum atomic E-state index is -1.16. The number of halogens is 2. The number of nitrogens with zero attached hydrogens (tertiary/aromatic N) is 4. The van der Waals surface area contributed by atoms with E-state index in [9.17, 15) is 8.94 Å². The predicted octanol–water partition coefficient (Wildman–Crippen LogP) is 3.12. The van der Waals surface area contributed by atoms with Gasteiger partial charge in [0, 0.05) is 40.9 Å². The van der Waals surface area contributed by atoms with Crippen LogP contribution in [0.4, 0.5) is 10.2 Å². The van der Waals surface area contributed by atoms with Gasteiger partial charge in [0.1, 0.15) is 16.3 Å². The molecule has 1 atom stereocenters. The first kappa shape index (κ1) is 23.5. The minimum Gasteiger partial charge on any atom is -0.598 e. The number of nitrogen functional groups attached to an aromatic ring is 1. The molecule has 4 rings (SSSR count). The molecule has 0 amide bonds. The molecule has 11 heteroatoms. The van der Waals surface area contributed by atoms with Crippen LogP contribution in [0.3, 0.4) is 0 Å². The largest absolute Gasteiger partial charge is 0.598 e. The van der Waals surface area contributed by atoms with E-state index in [0.717, 1.165) is 27.1 Å². The molecule has 0 bridgehead atoms. The van der Waals surface area contributed by atoms with Gasteiger partial charge in [-0.3, -0.25) is 0 Å². The molecule has 1 aliphatic heterocycles. The molecular formula is C21H26FIN6O2S. The van der Waals surface area contributed by atoms with Gasteiger partial charge >= 0.3 is 6.08 Å². The van der Waals surface area contributed by atoms with Crippen molar-refractivity contribution in [1.29, 1.82) is 0 Å². The smallest absolute Gasteiger partial charge is 0.312 e. The molecule has 0 radical (unpaired) electrons. The van der Waals surface area contributed by atoms with E-state index in [1.807, 2.05) is 25.3 Å². The molecule has 8 nitrogen and oxygen atoms in total. The third kappa shape index (κ3) is 4.95. The second kappa shape index (κ2) is 9.27. The second-order valence-electron chi connectivity index (χ2n) is 8.69. The molecule has 0 saturated heterocycles. The van der Waals surface area contributed by atoms with Gasteiger partial charge in [-0.05, 0) is 73.0 Å². The van der Waals surface area contributed by atoms with Crippen molar-refractivity contribution < 1.29 is 13.7 Å². The number of ether oxygens (including phenoxy) is 1. The molecule has 1 aliphatic rings. The summed E-state index contributed by atoms with van der Waals surface area (Å²) in [6.07, 6.45) is 1.22. The molecule has 0 saturated carbocycles. The number of imidazole rings is 1. The molecule has 0 spiro atoms. The lowest BCUT2D eigenvalue weighted by Gasteiger charge is -2.23. The molecule has 0 aliphatic carbocycles. The lowest BCUT2D eigenvalue weighted by atomic mass is 10.1. The van der Waals surface area contributed by atoms with E-state index in [1.165, 1.54) is 5.56 Å². The zero-order chi connectivity index (χ0) is 23.0. The summed E-state index contributed by atoms with van der Waals surface area (Å²) >= 11 is 1.17. The van der Waals surface area contributed by atoms with Crippen molar-refractivity contribution in [1.82, 2.24) is 24.2 Å². The normalized spacial score (nSPS) is 14.6. The summed E-state index contributed by atoms with van der Waals surface area (Å²) < 4.78 is 37.6. The zero-order valence-electron chi connectivity index (χ0n) is 18.2. The van der Waals surface area contributed by atoms with Crippen LogP contribution < -0.4 is 15.2 Å². The Morgan fingerprint density at radius 2 is 2.09 bits per heavy atom. The Bertz CT molecular complexity index is 1150. The average Bonchev–Trinajstić information content (AvgIpc) is 3.29. The van der Waals surface area contributed by atoms with Crippen LogP contribution in [-0.2, 0) is 30.7 Å². The van der Waals surface area contributed by atoms with E-state index in [4.69, 9.17) is 10.5 Å². The van der Waals surface area contributed by atoms with Crippen LogP contribution in [0.2, 0.25) is 0 Å². The average molecular weight is 572 g/mol. The van der Waals surface area contributed by atoms with Crippen LogP contribution >= 0.6 is 22.6 Å². The van der Waals surface area contributed by atoms with E-state index < -0.39 is 17.4 Å². The van der Waals surface area contributed by atoms with E-state index in [-0.39, 0.29) is 10.6 Å². The SMILES string of the molecule is CC(C)(C)[S+]([O-])NCCCn1c(Cc2cc3c(cc2I)CCO3)nc2c(N)nc(F)nc21. The highest BCUT2D eigenvalue weighted by Crippen LogP contribution is 2.31. The Morgan fingerprint density at radius 3 is 2.84 bits per heavy atom. The number of rotatable bonds is 7. The standard InChI is InChI=1S/C21H26FIN6O2S/c1-21(2,3)32(30)25-6-4-7-29-16(26-17-18(24)27-20(22)28-19(17)29)11-13-10-15-12(5-8-31-15)9-14(13)23/h9-10,25H,4-8,11H2,1-3H3,(H2,24,27,28). The second-order valence-corrected chi connectivity index (χ2v) is 11.9. The number of nitrogens with two attached hydrogens (primary N) is 1. The number of nitrogens with one attached hydrogen (secondary N) is 1. The van der Waals surface area contributed by atoms with Crippen LogP contribution in [0.1, 0.15) is 44.1 Å². The zero-order valence-corrected chi connectivity index (χ0v) is 21.2. The molecule has 172 valence electrons. The summed E-state index contributed by atoms with van der Waals surface area (Å²) in [5.41, 5.74) is 8.98. The maximum Gasteiger partial charge on any atom is 0.312 e. The van der Waals surface area contributed by atoms with Crippen LogP contribution in [-0.4, -0.2) is 42.0 Å². The van der Waals surface area contributed by atoms with Crippen LogP contribution in [0.5, 0.6) is 5.75 Å². The van der Waals surface area contributed by atoms with Crippen LogP contribution in [0, 0.1) is 9.65 Å². The molecule has 3 aromatic rings. The number of anilines is 1. The van der Waals surface area contributed by atoms with Gasteiger partial charge in [0.15, 0.2) is 17.0 Å². The van der Waals surface area contributed by atoms with Crippen molar-refractivity contribution in [3.8, 4) is 5.75 Å². The van der Waals surface area contributed by atoms with Gasteiger partial charge in [0.05, 0.1) is 6.61 Å². The summed E-state index contributed by atoms with van der Waals surface area (Å²) in [6, 6.07) is 4.20. The van der Waals surface area contributed by atoms with Gasteiger partial charge < -0.3 is 19.6 Å². The summed E-state index contributed by atoms with van der Waals surface area (Å²) in [7, 11) is 0. The lowest BCUT2D eigenvalue weighted by molar-refractivity contribution is 0.356. The van der Waals surface area contributed by atoms with E-state index in [1.54, 1.807) is 0 Å². The Balaban J connectivity index is 1.61. The van der Waals surface area contributed by atoms with Gasteiger partial charge in [-0.2, -0.15) is 14.4 Å². The maximum absolute atomic E-state index is 13.9. The first-order valence-electron chi connectivity index (χ1n) is 10.4. The Kier molecular flexibility index (Phi) is 6.80. The van der Waals surface area contributed by atoms with E-state index in [0.29, 0.717) is 43.7 Å². The van der Waals surface area contributed by atoms with Crippen molar-refractivity contribution in [3.05, 3.63) is 38.7 Å². The van der Waals surface area contributed by atoms with Crippen molar-refractivity contribution in [2.24, 2.45) is 0 Å². The highest BCUT2D eigenvalue weighted by atomic mass is 127. The highest BCUT2D eigenvalue weighted by Gasteiger charge is 2.26. The quantitative estimate of drug-likeness (QED) is 0.194. The molecule has 1 aromatic carbocycles.